The molecule has 2 aromatic carbocycles. The van der Waals surface area contributed by atoms with Crippen LogP contribution in [0, 0.1) is 0 Å². The lowest BCUT2D eigenvalue weighted by Crippen LogP contribution is -2.44. The minimum Gasteiger partial charge on any atom is -0.350 e. The molecule has 130 valence electrons. The first-order valence-electron chi connectivity index (χ1n) is 8.48. The standard InChI is InChI=1S/C21H19N3O2/c1-13(25)18-19(14-8-4-3-5-9-14)22-21(26)23-20(18)16-12-24(2)17-11-7-6-10-15(16)17/h3-12,20H,1-2H3,(H2,22,23,26). The highest BCUT2D eigenvalue weighted by molar-refractivity contribution is 6.07. The number of aryl methyl sites for hydroxylation is 1. The summed E-state index contributed by atoms with van der Waals surface area (Å²) in [5, 5.41) is 6.77. The Labute approximate surface area is 151 Å². The first-order chi connectivity index (χ1) is 12.6. The molecule has 1 aliphatic rings. The SMILES string of the molecule is CC(=O)C1=C(c2ccccc2)NC(=O)NC1c1cn(C)c2ccccc12. The van der Waals surface area contributed by atoms with Gasteiger partial charge in [0.05, 0.1) is 11.7 Å². The van der Waals surface area contributed by atoms with E-state index in [1.807, 2.05) is 72.4 Å². The average Bonchev–Trinajstić information content (AvgIpc) is 2.98. The van der Waals surface area contributed by atoms with Gasteiger partial charge in [-0.15, -0.1) is 0 Å². The van der Waals surface area contributed by atoms with Crippen molar-refractivity contribution < 1.29 is 9.59 Å². The molecule has 0 fully saturated rings. The highest BCUT2D eigenvalue weighted by Gasteiger charge is 2.33. The molecule has 2 heterocycles. The molecule has 1 aromatic heterocycles. The maximum absolute atomic E-state index is 12.6. The van der Waals surface area contributed by atoms with E-state index in [1.54, 1.807) is 0 Å². The van der Waals surface area contributed by atoms with Crippen LogP contribution in [0.15, 0.2) is 66.4 Å². The Hall–Kier alpha value is -3.34. The molecule has 0 radical (unpaired) electrons. The van der Waals surface area contributed by atoms with Gasteiger partial charge in [0.25, 0.3) is 0 Å². The van der Waals surface area contributed by atoms with Crippen LogP contribution in [0.5, 0.6) is 0 Å². The molecule has 0 aliphatic carbocycles. The molecule has 1 unspecified atom stereocenters. The van der Waals surface area contributed by atoms with E-state index in [0.29, 0.717) is 11.3 Å². The Bertz CT molecular complexity index is 1050. The largest absolute Gasteiger partial charge is 0.350 e. The molecule has 1 aliphatic heterocycles. The number of amides is 2. The van der Waals surface area contributed by atoms with Gasteiger partial charge in [0.15, 0.2) is 5.78 Å². The van der Waals surface area contributed by atoms with Crippen LogP contribution < -0.4 is 10.6 Å². The number of Topliss-reactive ketones (excluding diaryl/α,β-unsaturated/α-hetero) is 1. The number of ketones is 1. The predicted octanol–water partition coefficient (Wildman–Crippen LogP) is 3.53. The number of nitrogens with one attached hydrogen (secondary N) is 2. The van der Waals surface area contributed by atoms with E-state index >= 15 is 0 Å². The highest BCUT2D eigenvalue weighted by atomic mass is 16.2. The van der Waals surface area contributed by atoms with Crippen LogP contribution in [0.2, 0.25) is 0 Å². The van der Waals surface area contributed by atoms with E-state index in [0.717, 1.165) is 22.0 Å². The third-order valence-corrected chi connectivity index (χ3v) is 4.75. The van der Waals surface area contributed by atoms with Gasteiger partial charge < -0.3 is 15.2 Å². The number of urea groups is 1. The van der Waals surface area contributed by atoms with Crippen LogP contribution >= 0.6 is 0 Å². The third-order valence-electron chi connectivity index (χ3n) is 4.75. The second kappa shape index (κ2) is 6.19. The van der Waals surface area contributed by atoms with E-state index < -0.39 is 6.04 Å². The molecule has 1 atom stereocenters. The number of rotatable bonds is 3. The number of benzene rings is 2. The molecule has 3 aromatic rings. The molecule has 4 rings (SSSR count). The fourth-order valence-electron chi connectivity index (χ4n) is 3.61. The van der Waals surface area contributed by atoms with Crippen molar-refractivity contribution in [3.63, 3.8) is 0 Å². The zero-order valence-corrected chi connectivity index (χ0v) is 14.6. The van der Waals surface area contributed by atoms with Gasteiger partial charge in [-0.1, -0.05) is 48.5 Å². The summed E-state index contributed by atoms with van der Waals surface area (Å²) in [6, 6.07) is 16.6. The average molecular weight is 345 g/mol. The van der Waals surface area contributed by atoms with E-state index in [4.69, 9.17) is 0 Å². The van der Waals surface area contributed by atoms with Crippen molar-refractivity contribution in [3.05, 3.63) is 77.5 Å². The summed E-state index contributed by atoms with van der Waals surface area (Å²) >= 11 is 0. The monoisotopic (exact) mass is 345 g/mol. The molecule has 2 amide bonds. The second-order valence-electron chi connectivity index (χ2n) is 6.45. The molecule has 26 heavy (non-hydrogen) atoms. The number of hydrogen-bond acceptors (Lipinski definition) is 2. The summed E-state index contributed by atoms with van der Waals surface area (Å²) in [7, 11) is 1.96. The maximum atomic E-state index is 12.6. The van der Waals surface area contributed by atoms with Gasteiger partial charge in [-0.05, 0) is 18.6 Å². The number of hydrogen-bond donors (Lipinski definition) is 2. The first-order valence-corrected chi connectivity index (χ1v) is 8.48. The lowest BCUT2D eigenvalue weighted by molar-refractivity contribution is -0.113. The molecular weight excluding hydrogens is 326 g/mol. The molecule has 0 spiro atoms. The smallest absolute Gasteiger partial charge is 0.320 e. The summed E-state index contributed by atoms with van der Waals surface area (Å²) in [5.41, 5.74) is 3.92. The molecule has 5 heteroatoms. The number of aromatic nitrogens is 1. The van der Waals surface area contributed by atoms with Crippen LogP contribution in [0.25, 0.3) is 16.6 Å². The van der Waals surface area contributed by atoms with Crippen LogP contribution in [-0.4, -0.2) is 16.4 Å². The molecule has 2 N–H and O–H groups in total. The van der Waals surface area contributed by atoms with E-state index in [-0.39, 0.29) is 11.8 Å². The van der Waals surface area contributed by atoms with Gasteiger partial charge in [-0.25, -0.2) is 4.79 Å². The summed E-state index contributed by atoms with van der Waals surface area (Å²) in [5.74, 6) is -0.0747. The molecule has 0 saturated heterocycles. The third kappa shape index (κ3) is 2.58. The van der Waals surface area contributed by atoms with Crippen molar-refractivity contribution >= 4 is 28.4 Å². The van der Waals surface area contributed by atoms with Crippen LogP contribution in [0.4, 0.5) is 4.79 Å². The quantitative estimate of drug-likeness (QED) is 0.763. The highest BCUT2D eigenvalue weighted by Crippen LogP contribution is 2.35. The lowest BCUT2D eigenvalue weighted by Gasteiger charge is -2.29. The van der Waals surface area contributed by atoms with Gasteiger partial charge in [0, 0.05) is 35.3 Å². The number of fused-ring (bicyclic) bond motifs is 1. The maximum Gasteiger partial charge on any atom is 0.320 e. The Morgan fingerprint density at radius 3 is 2.46 bits per heavy atom. The second-order valence-corrected chi connectivity index (χ2v) is 6.45. The summed E-state index contributed by atoms with van der Waals surface area (Å²) < 4.78 is 2.01. The Balaban J connectivity index is 1.97. The minimum absolute atomic E-state index is 0.0747. The number of para-hydroxylation sites is 1. The zero-order chi connectivity index (χ0) is 18.3. The normalized spacial score (nSPS) is 17.2. The van der Waals surface area contributed by atoms with Crippen molar-refractivity contribution in [3.8, 4) is 0 Å². The number of nitrogens with zero attached hydrogens (tertiary/aromatic N) is 1. The van der Waals surface area contributed by atoms with E-state index in [2.05, 4.69) is 10.6 Å². The van der Waals surface area contributed by atoms with Crippen LogP contribution in [0.3, 0.4) is 0 Å². The van der Waals surface area contributed by atoms with Crippen LogP contribution in [-0.2, 0) is 11.8 Å². The van der Waals surface area contributed by atoms with Crippen molar-refractivity contribution in [2.45, 2.75) is 13.0 Å². The van der Waals surface area contributed by atoms with E-state index in [1.165, 1.54) is 6.92 Å². The summed E-state index contributed by atoms with van der Waals surface area (Å²) in [6.45, 7) is 1.54. The van der Waals surface area contributed by atoms with Gasteiger partial charge in [-0.2, -0.15) is 0 Å². The number of carbonyl (C=O) groups excluding carboxylic acids is 2. The summed E-state index contributed by atoms with van der Waals surface area (Å²) in [6.07, 6.45) is 1.98. The van der Waals surface area contributed by atoms with Crippen molar-refractivity contribution in [1.82, 2.24) is 15.2 Å². The predicted molar refractivity (Wildman–Crippen MR) is 101 cm³/mol. The molecule has 0 bridgehead atoms. The fourth-order valence-corrected chi connectivity index (χ4v) is 3.61. The van der Waals surface area contributed by atoms with Crippen molar-refractivity contribution in [2.24, 2.45) is 7.05 Å². The lowest BCUT2D eigenvalue weighted by atomic mass is 9.90. The topological polar surface area (TPSA) is 63.1 Å². The molecule has 0 saturated carbocycles. The van der Waals surface area contributed by atoms with Crippen LogP contribution in [0.1, 0.15) is 24.1 Å². The number of carbonyl (C=O) groups is 2. The fraction of sp³-hybridized carbons (Fsp3) is 0.143. The Morgan fingerprint density at radius 1 is 1.04 bits per heavy atom. The van der Waals surface area contributed by atoms with Crippen molar-refractivity contribution in [2.75, 3.05) is 0 Å². The Morgan fingerprint density at radius 2 is 1.73 bits per heavy atom. The van der Waals surface area contributed by atoms with Gasteiger partial charge in [0.2, 0.25) is 0 Å². The van der Waals surface area contributed by atoms with Gasteiger partial charge in [0.1, 0.15) is 0 Å². The Kier molecular flexibility index (Phi) is 3.84. The zero-order valence-electron chi connectivity index (χ0n) is 14.6. The van der Waals surface area contributed by atoms with Gasteiger partial charge >= 0.3 is 6.03 Å². The van der Waals surface area contributed by atoms with Gasteiger partial charge in [-0.3, -0.25) is 4.79 Å². The van der Waals surface area contributed by atoms with E-state index in [9.17, 15) is 9.59 Å². The first kappa shape index (κ1) is 16.1. The minimum atomic E-state index is -0.498. The summed E-state index contributed by atoms with van der Waals surface area (Å²) in [4.78, 5) is 24.9. The molecule has 5 nitrogen and oxygen atoms in total. The van der Waals surface area contributed by atoms with Crippen molar-refractivity contribution in [1.29, 1.82) is 0 Å². The molecular formula is C21H19N3O2.